The molecule has 146 valence electrons. The topological polar surface area (TPSA) is 45.2 Å². The number of piperazine rings is 1. The van der Waals surface area contributed by atoms with Gasteiger partial charge < -0.3 is 19.5 Å². The van der Waals surface area contributed by atoms with Crippen molar-refractivity contribution in [3.05, 3.63) is 59.1 Å². The second kappa shape index (κ2) is 9.95. The number of benzene rings is 2. The van der Waals surface area contributed by atoms with E-state index in [-0.39, 0.29) is 0 Å². The molecule has 0 saturated carbocycles. The van der Waals surface area contributed by atoms with Gasteiger partial charge in [0.05, 0.1) is 26.4 Å². The summed E-state index contributed by atoms with van der Waals surface area (Å²) in [6, 6.07) is 15.7. The van der Waals surface area contributed by atoms with Gasteiger partial charge in [-0.1, -0.05) is 29.8 Å². The zero-order valence-corrected chi connectivity index (χ0v) is 16.4. The Kier molecular flexibility index (Phi) is 7.35. The van der Waals surface area contributed by atoms with Crippen molar-refractivity contribution in [1.29, 1.82) is 0 Å². The first-order valence-electron chi connectivity index (χ1n) is 9.25. The van der Waals surface area contributed by atoms with E-state index in [4.69, 9.17) is 21.1 Å². The highest BCUT2D eigenvalue weighted by Gasteiger charge is 2.19. The molecule has 6 heteroatoms. The van der Waals surface area contributed by atoms with Crippen LogP contribution in [-0.4, -0.2) is 62.6 Å². The van der Waals surface area contributed by atoms with Crippen molar-refractivity contribution in [2.45, 2.75) is 12.7 Å². The monoisotopic (exact) mass is 390 g/mol. The van der Waals surface area contributed by atoms with Gasteiger partial charge in [0.1, 0.15) is 5.75 Å². The molecule has 1 saturated heterocycles. The van der Waals surface area contributed by atoms with Crippen molar-refractivity contribution in [3.63, 3.8) is 0 Å². The molecule has 27 heavy (non-hydrogen) atoms. The van der Waals surface area contributed by atoms with Crippen LogP contribution in [0, 0.1) is 0 Å². The molecule has 0 bridgehead atoms. The molecule has 1 fully saturated rings. The molecule has 0 aliphatic carbocycles. The molecule has 1 aliphatic rings. The van der Waals surface area contributed by atoms with Gasteiger partial charge in [0.25, 0.3) is 0 Å². The average Bonchev–Trinajstić information content (AvgIpc) is 2.70. The van der Waals surface area contributed by atoms with E-state index in [1.54, 1.807) is 7.11 Å². The van der Waals surface area contributed by atoms with Gasteiger partial charge in [0.2, 0.25) is 0 Å². The van der Waals surface area contributed by atoms with Crippen LogP contribution in [0.1, 0.15) is 5.56 Å². The van der Waals surface area contributed by atoms with Crippen LogP contribution in [0.15, 0.2) is 48.5 Å². The number of β-amino-alcohol motifs (C(OH)–C–C–N with tert-alkyl or cyclic N) is 1. The van der Waals surface area contributed by atoms with Gasteiger partial charge in [-0.05, 0) is 29.8 Å². The molecule has 0 amide bonds. The summed E-state index contributed by atoms with van der Waals surface area (Å²) < 4.78 is 10.9. The number of nitrogens with zero attached hydrogens (tertiary/aromatic N) is 2. The molecule has 1 aliphatic heterocycles. The van der Waals surface area contributed by atoms with E-state index < -0.39 is 6.10 Å². The highest BCUT2D eigenvalue weighted by atomic mass is 35.5. The summed E-state index contributed by atoms with van der Waals surface area (Å²) in [4.78, 5) is 4.63. The Morgan fingerprint density at radius 1 is 1.07 bits per heavy atom. The molecule has 0 spiro atoms. The molecule has 1 atom stereocenters. The summed E-state index contributed by atoms with van der Waals surface area (Å²) in [5, 5.41) is 11.0. The average molecular weight is 391 g/mol. The lowest BCUT2D eigenvalue weighted by atomic mass is 10.2. The third-order valence-corrected chi connectivity index (χ3v) is 5.00. The first-order valence-corrected chi connectivity index (χ1v) is 9.63. The Morgan fingerprint density at radius 2 is 1.81 bits per heavy atom. The van der Waals surface area contributed by atoms with E-state index in [0.717, 1.165) is 37.5 Å². The quantitative estimate of drug-likeness (QED) is 0.750. The first kappa shape index (κ1) is 20.0. The summed E-state index contributed by atoms with van der Waals surface area (Å²) >= 11 is 5.87. The Labute approximate surface area is 166 Å². The van der Waals surface area contributed by atoms with Crippen LogP contribution in [0.2, 0.25) is 5.02 Å². The number of hydrogen-bond donors (Lipinski definition) is 1. The van der Waals surface area contributed by atoms with E-state index in [1.165, 1.54) is 5.69 Å². The molecule has 5 nitrogen and oxygen atoms in total. The SMILES string of the molecule is COc1cccc(N2CCN(CC(O)COCc3ccc(Cl)cc3)CC2)c1. The Morgan fingerprint density at radius 3 is 2.52 bits per heavy atom. The standard InChI is InChI=1S/C21H27ClN2O3/c1-26-21-4-2-3-19(13-21)24-11-9-23(10-12-24)14-20(25)16-27-15-17-5-7-18(22)8-6-17/h2-8,13,20,25H,9-12,14-16H2,1H3. The maximum atomic E-state index is 10.3. The Hall–Kier alpha value is -1.79. The fourth-order valence-corrected chi connectivity index (χ4v) is 3.37. The fraction of sp³-hybridized carbons (Fsp3) is 0.429. The highest BCUT2D eigenvalue weighted by molar-refractivity contribution is 6.30. The Bertz CT molecular complexity index is 703. The number of aliphatic hydroxyl groups is 1. The van der Waals surface area contributed by atoms with Crippen LogP contribution >= 0.6 is 11.6 Å². The van der Waals surface area contributed by atoms with E-state index in [2.05, 4.69) is 21.9 Å². The largest absolute Gasteiger partial charge is 0.497 e. The van der Waals surface area contributed by atoms with Crippen molar-refractivity contribution in [2.24, 2.45) is 0 Å². The molecule has 1 N–H and O–H groups in total. The van der Waals surface area contributed by atoms with Crippen LogP contribution in [0.4, 0.5) is 5.69 Å². The van der Waals surface area contributed by atoms with Gasteiger partial charge in [-0.2, -0.15) is 0 Å². The zero-order chi connectivity index (χ0) is 19.1. The second-order valence-corrected chi connectivity index (χ2v) is 7.22. The summed E-state index contributed by atoms with van der Waals surface area (Å²) in [6.45, 7) is 5.16. The van der Waals surface area contributed by atoms with Crippen LogP contribution < -0.4 is 9.64 Å². The lowest BCUT2D eigenvalue weighted by molar-refractivity contribution is 0.00914. The van der Waals surface area contributed by atoms with Crippen LogP contribution in [0.3, 0.4) is 0 Å². The lowest BCUT2D eigenvalue weighted by Gasteiger charge is -2.37. The van der Waals surface area contributed by atoms with Gasteiger partial charge in [-0.3, -0.25) is 4.90 Å². The van der Waals surface area contributed by atoms with Crippen molar-refractivity contribution in [1.82, 2.24) is 4.90 Å². The summed E-state index contributed by atoms with van der Waals surface area (Å²) in [7, 11) is 1.69. The van der Waals surface area contributed by atoms with E-state index >= 15 is 0 Å². The number of rotatable bonds is 8. The van der Waals surface area contributed by atoms with Gasteiger partial charge in [0.15, 0.2) is 0 Å². The summed E-state index contributed by atoms with van der Waals surface area (Å²) in [5.41, 5.74) is 2.24. The fourth-order valence-electron chi connectivity index (χ4n) is 3.24. The lowest BCUT2D eigenvalue weighted by Crippen LogP contribution is -2.49. The van der Waals surface area contributed by atoms with Crippen LogP contribution in [-0.2, 0) is 11.3 Å². The molecular weight excluding hydrogens is 364 g/mol. The number of hydrogen-bond acceptors (Lipinski definition) is 5. The smallest absolute Gasteiger partial charge is 0.120 e. The van der Waals surface area contributed by atoms with Crippen molar-refractivity contribution < 1.29 is 14.6 Å². The van der Waals surface area contributed by atoms with Crippen molar-refractivity contribution in [3.8, 4) is 5.75 Å². The minimum Gasteiger partial charge on any atom is -0.497 e. The number of halogens is 1. The predicted octanol–water partition coefficient (Wildman–Crippen LogP) is 3.05. The number of methoxy groups -OCH3 is 1. The molecule has 0 aromatic heterocycles. The van der Waals surface area contributed by atoms with Gasteiger partial charge in [0, 0.05) is 49.5 Å². The van der Waals surface area contributed by atoms with Gasteiger partial charge in [-0.25, -0.2) is 0 Å². The van der Waals surface area contributed by atoms with E-state index in [0.29, 0.717) is 24.8 Å². The summed E-state index contributed by atoms with van der Waals surface area (Å²) in [5.74, 6) is 0.878. The molecular formula is C21H27ClN2O3. The summed E-state index contributed by atoms with van der Waals surface area (Å²) in [6.07, 6.45) is -0.485. The molecule has 1 heterocycles. The van der Waals surface area contributed by atoms with Crippen LogP contribution in [0.5, 0.6) is 5.75 Å². The predicted molar refractivity (Wildman–Crippen MR) is 109 cm³/mol. The number of aliphatic hydroxyl groups excluding tert-OH is 1. The normalized spacial score (nSPS) is 16.3. The first-order chi connectivity index (χ1) is 13.1. The third kappa shape index (κ3) is 6.11. The molecule has 3 rings (SSSR count). The van der Waals surface area contributed by atoms with Crippen molar-refractivity contribution in [2.75, 3.05) is 51.3 Å². The van der Waals surface area contributed by atoms with Gasteiger partial charge >= 0.3 is 0 Å². The Balaban J connectivity index is 1.37. The molecule has 1 unspecified atom stereocenters. The number of ether oxygens (including phenoxy) is 2. The molecule has 2 aromatic rings. The highest BCUT2D eigenvalue weighted by Crippen LogP contribution is 2.22. The molecule has 0 radical (unpaired) electrons. The zero-order valence-electron chi connectivity index (χ0n) is 15.7. The van der Waals surface area contributed by atoms with E-state index in [9.17, 15) is 5.11 Å². The number of anilines is 1. The minimum atomic E-state index is -0.485. The maximum Gasteiger partial charge on any atom is 0.120 e. The van der Waals surface area contributed by atoms with Gasteiger partial charge in [-0.15, -0.1) is 0 Å². The van der Waals surface area contributed by atoms with Crippen molar-refractivity contribution >= 4 is 17.3 Å². The van der Waals surface area contributed by atoms with Crippen LogP contribution in [0.25, 0.3) is 0 Å². The molecule has 2 aromatic carbocycles. The minimum absolute atomic E-state index is 0.332. The maximum absolute atomic E-state index is 10.3. The second-order valence-electron chi connectivity index (χ2n) is 6.78. The third-order valence-electron chi connectivity index (χ3n) is 4.75. The van der Waals surface area contributed by atoms with E-state index in [1.807, 2.05) is 36.4 Å².